The number of nitro groups is 1. The Labute approximate surface area is 79.4 Å². The van der Waals surface area contributed by atoms with Gasteiger partial charge in [-0.15, -0.1) is 0 Å². The van der Waals surface area contributed by atoms with Gasteiger partial charge in [0.25, 0.3) is 0 Å². The largest absolute Gasteiger partial charge is 0.486 e. The molecule has 0 fully saturated rings. The van der Waals surface area contributed by atoms with Gasteiger partial charge in [0.2, 0.25) is 5.75 Å². The first-order valence-corrected chi connectivity index (χ1v) is 4.13. The van der Waals surface area contributed by atoms with E-state index in [4.69, 9.17) is 4.74 Å². The summed E-state index contributed by atoms with van der Waals surface area (Å²) in [4.78, 5) is 21.4. The van der Waals surface area contributed by atoms with Crippen LogP contribution in [0, 0.1) is 10.1 Å². The molecule has 0 saturated heterocycles. The Morgan fingerprint density at radius 2 is 2.21 bits per heavy atom. The average molecular weight is 193 g/mol. The van der Waals surface area contributed by atoms with Crippen molar-refractivity contribution in [3.63, 3.8) is 0 Å². The summed E-state index contributed by atoms with van der Waals surface area (Å²) in [6.07, 6.45) is 0.286. The fraction of sp³-hybridized carbons (Fsp3) is 0.222. The van der Waals surface area contributed by atoms with Crippen LogP contribution in [0.5, 0.6) is 5.75 Å². The number of ketones is 1. The van der Waals surface area contributed by atoms with Crippen LogP contribution in [0.15, 0.2) is 18.2 Å². The number of hydrogen-bond acceptors (Lipinski definition) is 4. The summed E-state index contributed by atoms with van der Waals surface area (Å²) in [6, 6.07) is 4.37. The van der Waals surface area contributed by atoms with Crippen molar-refractivity contribution in [1.29, 1.82) is 0 Å². The number of hydrogen-bond donors (Lipinski definition) is 0. The highest BCUT2D eigenvalue weighted by Crippen LogP contribution is 2.33. The van der Waals surface area contributed by atoms with Gasteiger partial charge in [-0.25, -0.2) is 0 Å². The van der Waals surface area contributed by atoms with Gasteiger partial charge in [-0.3, -0.25) is 14.9 Å². The monoisotopic (exact) mass is 193 g/mol. The summed E-state index contributed by atoms with van der Waals surface area (Å²) >= 11 is 0. The maximum Gasteiger partial charge on any atom is 0.311 e. The molecule has 0 bridgehead atoms. The van der Waals surface area contributed by atoms with E-state index in [0.717, 1.165) is 0 Å². The molecule has 1 aliphatic heterocycles. The minimum absolute atomic E-state index is 0.102. The second-order valence-electron chi connectivity index (χ2n) is 2.93. The van der Waals surface area contributed by atoms with Gasteiger partial charge in [-0.1, -0.05) is 6.07 Å². The van der Waals surface area contributed by atoms with Crippen molar-refractivity contribution in [3.8, 4) is 5.75 Å². The number of carbonyl (C=O) groups excluding carboxylic acids is 1. The Hall–Kier alpha value is -1.91. The van der Waals surface area contributed by atoms with Crippen LogP contribution in [0.1, 0.15) is 16.8 Å². The minimum Gasteiger partial charge on any atom is -0.486 e. The highest BCUT2D eigenvalue weighted by atomic mass is 16.6. The lowest BCUT2D eigenvalue weighted by Crippen LogP contribution is -2.16. The number of fused-ring (bicyclic) bond motifs is 1. The Morgan fingerprint density at radius 1 is 1.43 bits per heavy atom. The Morgan fingerprint density at radius 3 is 2.93 bits per heavy atom. The lowest BCUT2D eigenvalue weighted by molar-refractivity contribution is -0.385. The molecule has 0 saturated carbocycles. The van der Waals surface area contributed by atoms with E-state index in [-0.39, 0.29) is 30.2 Å². The molecule has 0 aromatic heterocycles. The minimum atomic E-state index is -0.544. The molecular weight excluding hydrogens is 186 g/mol. The van der Waals surface area contributed by atoms with Crippen LogP contribution < -0.4 is 4.74 Å². The maximum atomic E-state index is 11.4. The first kappa shape index (κ1) is 8.68. The predicted octanol–water partition coefficient (Wildman–Crippen LogP) is 1.56. The molecule has 0 amide bonds. The topological polar surface area (TPSA) is 69.4 Å². The molecule has 0 aliphatic carbocycles. The molecule has 72 valence electrons. The summed E-state index contributed by atoms with van der Waals surface area (Å²) in [5.41, 5.74) is 0.168. The smallest absolute Gasteiger partial charge is 0.311 e. The van der Waals surface area contributed by atoms with Gasteiger partial charge in [-0.05, 0) is 6.07 Å². The SMILES string of the molecule is O=C1CCOc2c1cccc2[N+](=O)[O-]. The lowest BCUT2D eigenvalue weighted by Gasteiger charge is -2.15. The zero-order chi connectivity index (χ0) is 10.1. The second-order valence-corrected chi connectivity index (χ2v) is 2.93. The highest BCUT2D eigenvalue weighted by molar-refractivity contribution is 6.00. The predicted molar refractivity (Wildman–Crippen MR) is 47.5 cm³/mol. The third-order valence-electron chi connectivity index (χ3n) is 2.07. The van der Waals surface area contributed by atoms with Gasteiger partial charge in [0, 0.05) is 12.5 Å². The molecule has 5 heteroatoms. The fourth-order valence-corrected chi connectivity index (χ4v) is 1.42. The summed E-state index contributed by atoms with van der Waals surface area (Å²) < 4.78 is 5.12. The van der Waals surface area contributed by atoms with Crippen LogP contribution in [0.3, 0.4) is 0 Å². The quantitative estimate of drug-likeness (QED) is 0.501. The van der Waals surface area contributed by atoms with Crippen LogP contribution in [0.4, 0.5) is 5.69 Å². The number of carbonyl (C=O) groups is 1. The number of rotatable bonds is 1. The van der Waals surface area contributed by atoms with Crippen molar-refractivity contribution in [2.24, 2.45) is 0 Å². The Bertz CT molecular complexity index is 399. The summed E-state index contributed by atoms with van der Waals surface area (Å²) in [5.74, 6) is 0.00343. The number of para-hydroxylation sites is 1. The third-order valence-corrected chi connectivity index (χ3v) is 2.07. The first-order chi connectivity index (χ1) is 6.70. The summed E-state index contributed by atoms with van der Waals surface area (Å²) in [6.45, 7) is 0.219. The third kappa shape index (κ3) is 1.22. The van der Waals surface area contributed by atoms with E-state index >= 15 is 0 Å². The zero-order valence-corrected chi connectivity index (χ0v) is 7.23. The van der Waals surface area contributed by atoms with Crippen molar-refractivity contribution in [1.82, 2.24) is 0 Å². The van der Waals surface area contributed by atoms with Crippen molar-refractivity contribution in [2.45, 2.75) is 6.42 Å². The number of ether oxygens (including phenoxy) is 1. The van der Waals surface area contributed by atoms with Crippen molar-refractivity contribution < 1.29 is 14.5 Å². The molecule has 0 unspecified atom stereocenters. The van der Waals surface area contributed by atoms with Gasteiger partial charge in [0.15, 0.2) is 5.78 Å². The first-order valence-electron chi connectivity index (χ1n) is 4.13. The summed E-state index contributed by atoms with van der Waals surface area (Å²) in [7, 11) is 0. The second kappa shape index (κ2) is 3.10. The zero-order valence-electron chi connectivity index (χ0n) is 7.23. The number of Topliss-reactive ketones (excluding diaryl/α,β-unsaturated/α-hetero) is 1. The maximum absolute atomic E-state index is 11.4. The molecule has 0 N–H and O–H groups in total. The van der Waals surface area contributed by atoms with Gasteiger partial charge in [-0.2, -0.15) is 0 Å². The molecule has 0 atom stereocenters. The van der Waals surface area contributed by atoms with Gasteiger partial charge in [0.1, 0.15) is 0 Å². The van der Waals surface area contributed by atoms with Crippen molar-refractivity contribution in [2.75, 3.05) is 6.61 Å². The van der Waals surface area contributed by atoms with Gasteiger partial charge in [0.05, 0.1) is 17.1 Å². The van der Waals surface area contributed by atoms with E-state index in [1.165, 1.54) is 12.1 Å². The number of nitrogens with zero attached hydrogens (tertiary/aromatic N) is 1. The molecule has 1 aromatic rings. The van der Waals surface area contributed by atoms with E-state index in [2.05, 4.69) is 0 Å². The molecule has 0 radical (unpaired) electrons. The summed E-state index contributed by atoms with van der Waals surface area (Å²) in [5, 5.41) is 10.6. The van der Waals surface area contributed by atoms with Crippen LogP contribution in [-0.4, -0.2) is 17.3 Å². The van der Waals surface area contributed by atoms with E-state index in [1.54, 1.807) is 6.07 Å². The van der Waals surface area contributed by atoms with Crippen LogP contribution in [0.25, 0.3) is 0 Å². The Balaban J connectivity index is 2.60. The fourth-order valence-electron chi connectivity index (χ4n) is 1.42. The number of nitro benzene ring substituents is 1. The molecule has 5 nitrogen and oxygen atoms in total. The molecule has 2 rings (SSSR count). The number of benzene rings is 1. The lowest BCUT2D eigenvalue weighted by atomic mass is 10.0. The standard InChI is InChI=1S/C9H7NO4/c11-8-4-5-14-9-6(8)2-1-3-7(9)10(12)13/h1-3H,4-5H2. The highest BCUT2D eigenvalue weighted by Gasteiger charge is 2.26. The normalized spacial score (nSPS) is 14.4. The van der Waals surface area contributed by atoms with E-state index in [0.29, 0.717) is 5.56 Å². The molecular formula is C9H7NO4. The van der Waals surface area contributed by atoms with Crippen LogP contribution >= 0.6 is 0 Å². The van der Waals surface area contributed by atoms with E-state index in [9.17, 15) is 14.9 Å². The molecule has 0 spiro atoms. The van der Waals surface area contributed by atoms with E-state index in [1.807, 2.05) is 0 Å². The molecule has 1 aliphatic rings. The average Bonchev–Trinajstić information content (AvgIpc) is 2.17. The van der Waals surface area contributed by atoms with Gasteiger partial charge < -0.3 is 4.74 Å². The van der Waals surface area contributed by atoms with Crippen molar-refractivity contribution >= 4 is 11.5 Å². The molecule has 1 aromatic carbocycles. The van der Waals surface area contributed by atoms with Gasteiger partial charge >= 0.3 is 5.69 Å². The van der Waals surface area contributed by atoms with Crippen LogP contribution in [-0.2, 0) is 0 Å². The van der Waals surface area contributed by atoms with Crippen LogP contribution in [0.2, 0.25) is 0 Å². The molecule has 14 heavy (non-hydrogen) atoms. The molecule has 1 heterocycles. The van der Waals surface area contributed by atoms with E-state index < -0.39 is 4.92 Å². The van der Waals surface area contributed by atoms with Crippen molar-refractivity contribution in [3.05, 3.63) is 33.9 Å². The Kier molecular flexibility index (Phi) is 1.92.